The SMILES string of the molecule is CCCNC(=O)c1coc(CN(CCC)C(=O)c2ccc([N+](=O)[O-])cc2Cl)n1. The molecule has 0 radical (unpaired) electrons. The van der Waals surface area contributed by atoms with Crippen LogP contribution in [0, 0.1) is 10.1 Å². The number of oxazole rings is 1. The molecule has 1 N–H and O–H groups in total. The Morgan fingerprint density at radius 3 is 2.68 bits per heavy atom. The van der Waals surface area contributed by atoms with Crippen LogP contribution in [0.4, 0.5) is 5.69 Å². The Bertz CT molecular complexity index is 867. The van der Waals surface area contributed by atoms with Gasteiger partial charge in [-0.2, -0.15) is 0 Å². The Balaban J connectivity index is 2.17. The third-order valence-corrected chi connectivity index (χ3v) is 4.13. The lowest BCUT2D eigenvalue weighted by molar-refractivity contribution is -0.384. The van der Waals surface area contributed by atoms with E-state index in [9.17, 15) is 19.7 Å². The number of carbonyl (C=O) groups is 2. The largest absolute Gasteiger partial charge is 0.446 e. The number of hydrogen-bond donors (Lipinski definition) is 1. The molecular formula is C18H21ClN4O5. The predicted molar refractivity (Wildman–Crippen MR) is 102 cm³/mol. The number of amides is 2. The van der Waals surface area contributed by atoms with Gasteiger partial charge in [0.05, 0.1) is 22.1 Å². The fourth-order valence-electron chi connectivity index (χ4n) is 2.46. The molecule has 0 aliphatic rings. The summed E-state index contributed by atoms with van der Waals surface area (Å²) >= 11 is 6.07. The van der Waals surface area contributed by atoms with Crippen LogP contribution in [0.3, 0.4) is 0 Å². The Kier molecular flexibility index (Phi) is 7.51. The van der Waals surface area contributed by atoms with Gasteiger partial charge in [0, 0.05) is 25.2 Å². The van der Waals surface area contributed by atoms with Crippen LogP contribution in [0.1, 0.15) is 53.4 Å². The monoisotopic (exact) mass is 408 g/mol. The van der Waals surface area contributed by atoms with Gasteiger partial charge in [0.1, 0.15) is 6.26 Å². The summed E-state index contributed by atoms with van der Waals surface area (Å²) < 4.78 is 5.32. The molecule has 0 aliphatic carbocycles. The number of benzene rings is 1. The molecular weight excluding hydrogens is 388 g/mol. The quantitative estimate of drug-likeness (QED) is 0.501. The summed E-state index contributed by atoms with van der Waals surface area (Å²) in [6.45, 7) is 4.80. The topological polar surface area (TPSA) is 119 Å². The fraction of sp³-hybridized carbons (Fsp3) is 0.389. The Hall–Kier alpha value is -2.94. The average Bonchev–Trinajstić information content (AvgIpc) is 3.13. The second-order valence-corrected chi connectivity index (χ2v) is 6.44. The molecule has 1 aromatic heterocycles. The molecule has 10 heteroatoms. The highest BCUT2D eigenvalue weighted by Crippen LogP contribution is 2.24. The summed E-state index contributed by atoms with van der Waals surface area (Å²) in [6.07, 6.45) is 2.71. The van der Waals surface area contributed by atoms with Gasteiger partial charge in [0.15, 0.2) is 5.69 Å². The second-order valence-electron chi connectivity index (χ2n) is 6.03. The molecule has 28 heavy (non-hydrogen) atoms. The standard InChI is InChI=1S/C18H21ClN4O5/c1-3-7-20-17(24)15-11-28-16(21-15)10-22(8-4-2)18(25)13-6-5-12(23(26)27)9-14(13)19/h5-6,9,11H,3-4,7-8,10H2,1-2H3,(H,20,24). The van der Waals surface area contributed by atoms with Crippen LogP contribution in [-0.2, 0) is 6.54 Å². The molecule has 1 heterocycles. The van der Waals surface area contributed by atoms with Gasteiger partial charge in [-0.3, -0.25) is 19.7 Å². The van der Waals surface area contributed by atoms with Crippen molar-refractivity contribution >= 4 is 29.1 Å². The van der Waals surface area contributed by atoms with Crippen molar-refractivity contribution in [2.75, 3.05) is 13.1 Å². The normalized spacial score (nSPS) is 10.5. The third kappa shape index (κ3) is 5.29. The number of non-ortho nitro benzene ring substituents is 1. The Morgan fingerprint density at radius 2 is 2.07 bits per heavy atom. The minimum Gasteiger partial charge on any atom is -0.446 e. The lowest BCUT2D eigenvalue weighted by atomic mass is 10.1. The van der Waals surface area contributed by atoms with Crippen molar-refractivity contribution in [3.8, 4) is 0 Å². The molecule has 0 bridgehead atoms. The molecule has 0 saturated carbocycles. The van der Waals surface area contributed by atoms with Crippen LogP contribution < -0.4 is 5.32 Å². The zero-order valence-electron chi connectivity index (χ0n) is 15.6. The first kappa shape index (κ1) is 21.4. The maximum atomic E-state index is 12.8. The van der Waals surface area contributed by atoms with Crippen LogP contribution in [0.15, 0.2) is 28.9 Å². The number of nitrogens with one attached hydrogen (secondary N) is 1. The number of nitrogens with zero attached hydrogens (tertiary/aromatic N) is 3. The van der Waals surface area contributed by atoms with Crippen molar-refractivity contribution in [3.63, 3.8) is 0 Å². The summed E-state index contributed by atoms with van der Waals surface area (Å²) in [5, 5.41) is 13.5. The van der Waals surface area contributed by atoms with Crippen LogP contribution in [-0.4, -0.2) is 39.7 Å². The predicted octanol–water partition coefficient (Wildman–Crippen LogP) is 3.43. The summed E-state index contributed by atoms with van der Waals surface area (Å²) in [6, 6.07) is 3.69. The first-order chi connectivity index (χ1) is 13.4. The van der Waals surface area contributed by atoms with E-state index in [1.165, 1.54) is 23.3 Å². The van der Waals surface area contributed by atoms with E-state index in [-0.39, 0.29) is 40.3 Å². The minimum atomic E-state index is -0.582. The van der Waals surface area contributed by atoms with Crippen molar-refractivity contribution in [1.29, 1.82) is 0 Å². The maximum Gasteiger partial charge on any atom is 0.273 e. The minimum absolute atomic E-state index is 0.00709. The number of aromatic nitrogens is 1. The van der Waals surface area contributed by atoms with Gasteiger partial charge >= 0.3 is 0 Å². The molecule has 0 aliphatic heterocycles. The molecule has 2 aromatic rings. The molecule has 1 aromatic carbocycles. The van der Waals surface area contributed by atoms with Crippen LogP contribution in [0.5, 0.6) is 0 Å². The van der Waals surface area contributed by atoms with E-state index in [2.05, 4.69) is 10.3 Å². The first-order valence-electron chi connectivity index (χ1n) is 8.83. The summed E-state index contributed by atoms with van der Waals surface area (Å²) in [5.41, 5.74) is 0.0907. The summed E-state index contributed by atoms with van der Waals surface area (Å²) in [4.78, 5) is 40.6. The maximum absolute atomic E-state index is 12.8. The number of halogens is 1. The molecule has 0 fully saturated rings. The van der Waals surface area contributed by atoms with Gasteiger partial charge in [0.25, 0.3) is 17.5 Å². The van der Waals surface area contributed by atoms with Crippen LogP contribution >= 0.6 is 11.6 Å². The van der Waals surface area contributed by atoms with Crippen molar-refractivity contribution in [1.82, 2.24) is 15.2 Å². The van der Waals surface area contributed by atoms with E-state index in [0.29, 0.717) is 19.5 Å². The molecule has 0 atom stereocenters. The Labute approximate surface area is 166 Å². The second kappa shape index (κ2) is 9.84. The van der Waals surface area contributed by atoms with Gasteiger partial charge < -0.3 is 14.6 Å². The van der Waals surface area contributed by atoms with Crippen molar-refractivity contribution < 1.29 is 18.9 Å². The molecule has 0 unspecified atom stereocenters. The molecule has 2 amide bonds. The number of nitro groups is 1. The van der Waals surface area contributed by atoms with E-state index in [0.717, 1.165) is 12.5 Å². The van der Waals surface area contributed by atoms with Gasteiger partial charge in [-0.05, 0) is 18.9 Å². The lowest BCUT2D eigenvalue weighted by Crippen LogP contribution is -2.31. The summed E-state index contributed by atoms with van der Waals surface area (Å²) in [7, 11) is 0. The van der Waals surface area contributed by atoms with Crippen molar-refractivity contribution in [2.24, 2.45) is 0 Å². The zero-order valence-corrected chi connectivity index (χ0v) is 16.4. The van der Waals surface area contributed by atoms with Gasteiger partial charge in [-0.15, -0.1) is 0 Å². The zero-order chi connectivity index (χ0) is 20.7. The van der Waals surface area contributed by atoms with Crippen molar-refractivity contribution in [2.45, 2.75) is 33.2 Å². The third-order valence-electron chi connectivity index (χ3n) is 3.82. The summed E-state index contributed by atoms with van der Waals surface area (Å²) in [5.74, 6) is -0.540. The first-order valence-corrected chi connectivity index (χ1v) is 9.21. The smallest absolute Gasteiger partial charge is 0.273 e. The number of rotatable bonds is 9. The number of carbonyl (C=O) groups excluding carboxylic acids is 2. The van der Waals surface area contributed by atoms with E-state index in [1.807, 2.05) is 13.8 Å². The Morgan fingerprint density at radius 1 is 1.32 bits per heavy atom. The number of hydrogen-bond acceptors (Lipinski definition) is 6. The highest BCUT2D eigenvalue weighted by atomic mass is 35.5. The van der Waals surface area contributed by atoms with Crippen molar-refractivity contribution in [3.05, 3.63) is 56.7 Å². The number of nitro benzene ring substituents is 1. The van der Waals surface area contributed by atoms with Crippen LogP contribution in [0.25, 0.3) is 0 Å². The van der Waals surface area contributed by atoms with Gasteiger partial charge in [-0.1, -0.05) is 25.4 Å². The fourth-order valence-corrected chi connectivity index (χ4v) is 2.72. The molecule has 0 spiro atoms. The van der Waals surface area contributed by atoms with E-state index < -0.39 is 10.8 Å². The molecule has 0 saturated heterocycles. The van der Waals surface area contributed by atoms with E-state index >= 15 is 0 Å². The molecule has 9 nitrogen and oxygen atoms in total. The average molecular weight is 409 g/mol. The molecule has 150 valence electrons. The lowest BCUT2D eigenvalue weighted by Gasteiger charge is -2.21. The highest BCUT2D eigenvalue weighted by Gasteiger charge is 2.22. The van der Waals surface area contributed by atoms with Crippen LogP contribution in [0.2, 0.25) is 5.02 Å². The van der Waals surface area contributed by atoms with E-state index in [4.69, 9.17) is 16.0 Å². The highest BCUT2D eigenvalue weighted by molar-refractivity contribution is 6.34. The van der Waals surface area contributed by atoms with Gasteiger partial charge in [-0.25, -0.2) is 4.98 Å². The molecule has 2 rings (SSSR count). The van der Waals surface area contributed by atoms with Gasteiger partial charge in [0.2, 0.25) is 5.89 Å². The van der Waals surface area contributed by atoms with E-state index in [1.54, 1.807) is 0 Å².